The van der Waals surface area contributed by atoms with Crippen LogP contribution in [-0.4, -0.2) is 22.8 Å². The number of alkyl halides is 1. The van der Waals surface area contributed by atoms with Gasteiger partial charge in [0.05, 0.1) is 6.61 Å². The molecule has 0 aliphatic heterocycles. The zero-order valence-electron chi connectivity index (χ0n) is 7.53. The molecule has 13 heavy (non-hydrogen) atoms. The van der Waals surface area contributed by atoms with Crippen molar-refractivity contribution >= 4 is 23.4 Å². The molecule has 1 atom stereocenters. The molecular weight excluding hydrogens is 204 g/mol. The predicted octanol–water partition coefficient (Wildman–Crippen LogP) is 2.69. The summed E-state index contributed by atoms with van der Waals surface area (Å²) in [4.78, 5) is 1.16. The third-order valence-corrected chi connectivity index (χ3v) is 3.45. The maximum Gasteiger partial charge on any atom is 0.0565 e. The third-order valence-electron chi connectivity index (χ3n) is 1.70. The van der Waals surface area contributed by atoms with Gasteiger partial charge < -0.3 is 5.11 Å². The third kappa shape index (κ3) is 3.59. The van der Waals surface area contributed by atoms with E-state index in [1.807, 2.05) is 0 Å². The normalized spacial score (nSPS) is 12.8. The molecule has 72 valence electrons. The lowest BCUT2D eigenvalue weighted by molar-refractivity contribution is 0.301. The fourth-order valence-electron chi connectivity index (χ4n) is 0.927. The second kappa shape index (κ2) is 5.53. The smallest absolute Gasteiger partial charge is 0.0565 e. The van der Waals surface area contributed by atoms with Crippen molar-refractivity contribution < 1.29 is 5.11 Å². The van der Waals surface area contributed by atoms with E-state index in [4.69, 9.17) is 16.7 Å². The molecule has 1 aromatic carbocycles. The number of rotatable bonds is 4. The van der Waals surface area contributed by atoms with Crippen molar-refractivity contribution in [2.45, 2.75) is 17.1 Å². The molecule has 1 aromatic rings. The van der Waals surface area contributed by atoms with Crippen LogP contribution in [0.25, 0.3) is 0 Å². The first-order valence-corrected chi connectivity index (χ1v) is 5.58. The van der Waals surface area contributed by atoms with Gasteiger partial charge in [-0.15, -0.1) is 23.4 Å². The van der Waals surface area contributed by atoms with Crippen LogP contribution in [0.2, 0.25) is 0 Å². The summed E-state index contributed by atoms with van der Waals surface area (Å²) in [7, 11) is 0. The molecule has 0 aromatic heterocycles. The highest BCUT2D eigenvalue weighted by atomic mass is 35.5. The number of hydrogen-bond donors (Lipinski definition) is 1. The number of aryl methyl sites for hydroxylation is 1. The Labute approximate surface area is 88.1 Å². The predicted molar refractivity (Wildman–Crippen MR) is 58.6 cm³/mol. The Kier molecular flexibility index (Phi) is 4.64. The Balaban J connectivity index is 2.58. The van der Waals surface area contributed by atoms with Crippen molar-refractivity contribution in [1.82, 2.24) is 0 Å². The molecule has 0 bridgehead atoms. The molecule has 1 rings (SSSR count). The molecule has 3 heteroatoms. The highest BCUT2D eigenvalue weighted by molar-refractivity contribution is 8.00. The van der Waals surface area contributed by atoms with Crippen LogP contribution in [0.15, 0.2) is 29.2 Å². The zero-order valence-corrected chi connectivity index (χ0v) is 9.11. The summed E-state index contributed by atoms with van der Waals surface area (Å²) in [6.45, 7) is 2.18. The summed E-state index contributed by atoms with van der Waals surface area (Å²) < 4.78 is 0. The maximum absolute atomic E-state index is 8.94. The van der Waals surface area contributed by atoms with Gasteiger partial charge in [-0.2, -0.15) is 0 Å². The van der Waals surface area contributed by atoms with E-state index >= 15 is 0 Å². The molecule has 0 aliphatic rings. The van der Waals surface area contributed by atoms with Crippen LogP contribution in [-0.2, 0) is 0 Å². The number of benzene rings is 1. The van der Waals surface area contributed by atoms with E-state index < -0.39 is 0 Å². The van der Waals surface area contributed by atoms with E-state index in [9.17, 15) is 0 Å². The minimum absolute atomic E-state index is 0.101. The molecule has 1 N–H and O–H groups in total. The molecule has 0 saturated heterocycles. The first-order chi connectivity index (χ1) is 6.26. The minimum atomic E-state index is 0.101. The lowest BCUT2D eigenvalue weighted by Gasteiger charge is -2.09. The van der Waals surface area contributed by atoms with Gasteiger partial charge in [-0.25, -0.2) is 0 Å². The summed E-state index contributed by atoms with van der Waals surface area (Å²) in [5.74, 6) is 0.481. The second-order valence-electron chi connectivity index (χ2n) is 2.89. The highest BCUT2D eigenvalue weighted by Crippen LogP contribution is 2.23. The number of hydrogen-bond acceptors (Lipinski definition) is 2. The second-order valence-corrected chi connectivity index (χ2v) is 4.57. The van der Waals surface area contributed by atoms with Gasteiger partial charge in [0.2, 0.25) is 0 Å². The van der Waals surface area contributed by atoms with Crippen molar-refractivity contribution in [3.05, 3.63) is 29.8 Å². The summed E-state index contributed by atoms with van der Waals surface area (Å²) in [5.41, 5.74) is 1.25. The Morgan fingerprint density at radius 1 is 1.38 bits per heavy atom. The SMILES string of the molecule is Cc1ccc(S[C@H](CO)CCl)cc1. The summed E-state index contributed by atoms with van der Waals surface area (Å²) in [6, 6.07) is 8.22. The molecule has 0 unspecified atom stereocenters. The first-order valence-electron chi connectivity index (χ1n) is 4.16. The van der Waals surface area contributed by atoms with Crippen molar-refractivity contribution in [2.75, 3.05) is 12.5 Å². The van der Waals surface area contributed by atoms with E-state index in [1.165, 1.54) is 5.56 Å². The Bertz CT molecular complexity index is 244. The Morgan fingerprint density at radius 2 is 2.00 bits per heavy atom. The topological polar surface area (TPSA) is 20.2 Å². The quantitative estimate of drug-likeness (QED) is 0.617. The van der Waals surface area contributed by atoms with E-state index in [0.29, 0.717) is 5.88 Å². The monoisotopic (exact) mass is 216 g/mol. The molecule has 0 heterocycles. The van der Waals surface area contributed by atoms with Crippen LogP contribution >= 0.6 is 23.4 Å². The molecule has 0 fully saturated rings. The molecule has 0 saturated carbocycles. The maximum atomic E-state index is 8.94. The summed E-state index contributed by atoms with van der Waals surface area (Å²) in [6.07, 6.45) is 0. The Morgan fingerprint density at radius 3 is 2.46 bits per heavy atom. The van der Waals surface area contributed by atoms with Crippen LogP contribution in [0.4, 0.5) is 0 Å². The zero-order chi connectivity index (χ0) is 9.68. The van der Waals surface area contributed by atoms with Gasteiger partial charge in [-0.3, -0.25) is 0 Å². The van der Waals surface area contributed by atoms with E-state index in [0.717, 1.165) is 4.90 Å². The van der Waals surface area contributed by atoms with Crippen LogP contribution in [0.3, 0.4) is 0 Å². The van der Waals surface area contributed by atoms with Crippen molar-refractivity contribution in [3.8, 4) is 0 Å². The number of aliphatic hydroxyl groups excluding tert-OH is 1. The average molecular weight is 217 g/mol. The van der Waals surface area contributed by atoms with E-state index in [-0.39, 0.29) is 11.9 Å². The molecular formula is C10H13ClOS. The molecule has 0 radical (unpaired) electrons. The largest absolute Gasteiger partial charge is 0.395 e. The lowest BCUT2D eigenvalue weighted by Crippen LogP contribution is -2.09. The van der Waals surface area contributed by atoms with Gasteiger partial charge in [0.25, 0.3) is 0 Å². The minimum Gasteiger partial charge on any atom is -0.395 e. The van der Waals surface area contributed by atoms with Gasteiger partial charge >= 0.3 is 0 Å². The fraction of sp³-hybridized carbons (Fsp3) is 0.400. The number of thioether (sulfide) groups is 1. The van der Waals surface area contributed by atoms with E-state index in [1.54, 1.807) is 11.8 Å². The molecule has 0 spiro atoms. The van der Waals surface area contributed by atoms with Crippen LogP contribution in [0, 0.1) is 6.92 Å². The van der Waals surface area contributed by atoms with Crippen molar-refractivity contribution in [2.24, 2.45) is 0 Å². The highest BCUT2D eigenvalue weighted by Gasteiger charge is 2.06. The van der Waals surface area contributed by atoms with Gasteiger partial charge in [-0.05, 0) is 19.1 Å². The van der Waals surface area contributed by atoms with Crippen LogP contribution in [0.5, 0.6) is 0 Å². The van der Waals surface area contributed by atoms with Gasteiger partial charge in [0.15, 0.2) is 0 Å². The van der Waals surface area contributed by atoms with Gasteiger partial charge in [0.1, 0.15) is 0 Å². The number of aliphatic hydroxyl groups is 1. The standard InChI is InChI=1S/C10H13ClOS/c1-8-2-4-9(5-3-8)13-10(6-11)7-12/h2-5,10,12H,6-7H2,1H3/t10-/m0/s1. The van der Waals surface area contributed by atoms with Crippen molar-refractivity contribution in [1.29, 1.82) is 0 Å². The van der Waals surface area contributed by atoms with Crippen LogP contribution < -0.4 is 0 Å². The molecule has 0 aliphatic carbocycles. The van der Waals surface area contributed by atoms with Gasteiger partial charge in [-0.1, -0.05) is 17.7 Å². The van der Waals surface area contributed by atoms with Crippen LogP contribution in [0.1, 0.15) is 5.56 Å². The fourth-order valence-corrected chi connectivity index (χ4v) is 2.03. The molecule has 1 nitrogen and oxygen atoms in total. The lowest BCUT2D eigenvalue weighted by atomic mass is 10.2. The first kappa shape index (κ1) is 10.9. The number of halogens is 1. The average Bonchev–Trinajstić information content (AvgIpc) is 2.17. The molecule has 0 amide bonds. The summed E-state index contributed by atoms with van der Waals surface area (Å²) >= 11 is 7.28. The van der Waals surface area contributed by atoms with Crippen molar-refractivity contribution in [3.63, 3.8) is 0 Å². The Hall–Kier alpha value is -0.180. The summed E-state index contributed by atoms with van der Waals surface area (Å²) in [5, 5.41) is 9.04. The van der Waals surface area contributed by atoms with Gasteiger partial charge in [0, 0.05) is 16.0 Å². The van der Waals surface area contributed by atoms with E-state index in [2.05, 4.69) is 31.2 Å².